The summed E-state index contributed by atoms with van der Waals surface area (Å²) in [5.74, 6) is 0.135. The van der Waals surface area contributed by atoms with Crippen LogP contribution in [0.15, 0.2) is 84.3 Å². The predicted molar refractivity (Wildman–Crippen MR) is 171 cm³/mol. The molecule has 2 aromatic heterocycles. The van der Waals surface area contributed by atoms with Gasteiger partial charge in [0.2, 0.25) is 5.91 Å². The van der Waals surface area contributed by atoms with Crippen molar-refractivity contribution < 1.29 is 19.1 Å². The van der Waals surface area contributed by atoms with Gasteiger partial charge in [0.1, 0.15) is 11.8 Å². The number of benzene rings is 2. The highest BCUT2D eigenvalue weighted by atomic mass is 32.2. The Labute approximate surface area is 261 Å². The van der Waals surface area contributed by atoms with E-state index in [1.807, 2.05) is 68.4 Å². The average molecular weight is 613 g/mol. The molecule has 2 aromatic carbocycles. The van der Waals surface area contributed by atoms with Crippen LogP contribution in [0.3, 0.4) is 0 Å². The van der Waals surface area contributed by atoms with Gasteiger partial charge in [-0.15, -0.1) is 0 Å². The van der Waals surface area contributed by atoms with Gasteiger partial charge in [0.05, 0.1) is 26.1 Å². The topological polar surface area (TPSA) is 110 Å². The van der Waals surface area contributed by atoms with Crippen LogP contribution in [-0.2, 0) is 20.9 Å². The number of methoxy groups -OCH3 is 1. The third-order valence-corrected chi connectivity index (χ3v) is 8.02. The van der Waals surface area contributed by atoms with Gasteiger partial charge in [-0.1, -0.05) is 30.0 Å². The minimum absolute atomic E-state index is 0.0529. The van der Waals surface area contributed by atoms with E-state index >= 15 is 0 Å². The Hall–Kier alpha value is -4.48. The highest BCUT2D eigenvalue weighted by Crippen LogP contribution is 2.29. The number of carbonyl (C=O) groups excluding carboxylic acids is 2. The van der Waals surface area contributed by atoms with Gasteiger partial charge in [-0.2, -0.15) is 0 Å². The summed E-state index contributed by atoms with van der Waals surface area (Å²) in [4.78, 5) is 45.2. The molecule has 0 radical (unpaired) electrons. The number of ether oxygens (including phenoxy) is 2. The fourth-order valence-corrected chi connectivity index (χ4v) is 5.86. The van der Waals surface area contributed by atoms with Gasteiger partial charge in [0, 0.05) is 54.8 Å². The van der Waals surface area contributed by atoms with E-state index in [2.05, 4.69) is 25.2 Å². The molecule has 1 aliphatic rings. The van der Waals surface area contributed by atoms with Crippen molar-refractivity contribution in [2.45, 2.75) is 31.6 Å². The van der Waals surface area contributed by atoms with Crippen molar-refractivity contribution in [2.75, 3.05) is 49.4 Å². The molecular weight excluding hydrogens is 576 g/mol. The predicted octanol–water partition coefficient (Wildman–Crippen LogP) is 4.83. The average Bonchev–Trinajstić information content (AvgIpc) is 3.04. The number of morpholine rings is 1. The summed E-state index contributed by atoms with van der Waals surface area (Å²) in [5, 5.41) is 3.57. The number of nitrogens with one attached hydrogen (secondary N) is 1. The molecule has 1 unspecified atom stereocenters. The minimum atomic E-state index is -0.937. The second kappa shape index (κ2) is 14.8. The molecule has 3 heterocycles. The van der Waals surface area contributed by atoms with Crippen LogP contribution in [0, 0.1) is 13.8 Å². The van der Waals surface area contributed by atoms with Crippen LogP contribution in [0.2, 0.25) is 0 Å². The number of hydrogen-bond acceptors (Lipinski definition) is 9. The van der Waals surface area contributed by atoms with Crippen molar-refractivity contribution in [3.05, 3.63) is 102 Å². The summed E-state index contributed by atoms with van der Waals surface area (Å²) in [6, 6.07) is 19.6. The summed E-state index contributed by atoms with van der Waals surface area (Å²) in [5.41, 5.74) is 4.81. The van der Waals surface area contributed by atoms with Crippen molar-refractivity contribution in [1.29, 1.82) is 0 Å². The standard InChI is InChI=1S/C33H36N6O4S/c1-23-19-24(2)36-33(35-23)44-22-30(40)39(21-25-5-4-14-34-20-25)31(26-6-12-29(42-3)13-7-26)32(41)37-27-8-10-28(11-9-27)38-15-17-43-18-16-38/h4-14,19-20,31H,15-18,21-22H2,1-3H3,(H,37,41). The number of nitrogens with zero attached hydrogens (tertiary/aromatic N) is 5. The summed E-state index contributed by atoms with van der Waals surface area (Å²) in [7, 11) is 1.59. The number of thioether (sulfide) groups is 1. The van der Waals surface area contributed by atoms with Crippen LogP contribution in [0.1, 0.15) is 28.6 Å². The second-order valence-electron chi connectivity index (χ2n) is 10.4. The first-order valence-corrected chi connectivity index (χ1v) is 15.4. The van der Waals surface area contributed by atoms with Crippen LogP contribution in [0.4, 0.5) is 11.4 Å². The number of anilines is 2. The Balaban J connectivity index is 1.44. The Kier molecular flexibility index (Phi) is 10.4. The molecule has 44 heavy (non-hydrogen) atoms. The van der Waals surface area contributed by atoms with E-state index in [4.69, 9.17) is 9.47 Å². The first kappa shape index (κ1) is 31.0. The lowest BCUT2D eigenvalue weighted by Crippen LogP contribution is -2.42. The molecule has 1 saturated heterocycles. The summed E-state index contributed by atoms with van der Waals surface area (Å²) in [6.45, 7) is 7.00. The van der Waals surface area contributed by atoms with Crippen molar-refractivity contribution >= 4 is 35.0 Å². The lowest BCUT2D eigenvalue weighted by Gasteiger charge is -2.32. The van der Waals surface area contributed by atoms with Gasteiger partial charge in [0.25, 0.3) is 5.91 Å². The van der Waals surface area contributed by atoms with Crippen molar-refractivity contribution in [2.24, 2.45) is 0 Å². The van der Waals surface area contributed by atoms with E-state index in [9.17, 15) is 9.59 Å². The van der Waals surface area contributed by atoms with Crippen LogP contribution < -0.4 is 15.0 Å². The van der Waals surface area contributed by atoms with Crippen LogP contribution in [0.25, 0.3) is 0 Å². The van der Waals surface area contributed by atoms with Crippen LogP contribution in [-0.4, -0.2) is 70.8 Å². The fraction of sp³-hybridized carbons (Fsp3) is 0.303. The SMILES string of the molecule is COc1ccc(C(C(=O)Nc2ccc(N3CCOCC3)cc2)N(Cc2cccnc2)C(=O)CSc2nc(C)cc(C)n2)cc1. The third-order valence-electron chi connectivity index (χ3n) is 7.19. The Morgan fingerprint density at radius 2 is 1.73 bits per heavy atom. The van der Waals surface area contributed by atoms with E-state index in [0.29, 0.717) is 35.4 Å². The molecule has 1 N–H and O–H groups in total. The normalized spacial score (nSPS) is 13.7. The number of carbonyl (C=O) groups is 2. The number of aryl methyl sites for hydroxylation is 2. The second-order valence-corrected chi connectivity index (χ2v) is 11.4. The van der Waals surface area contributed by atoms with Crippen LogP contribution in [0.5, 0.6) is 5.75 Å². The van der Waals surface area contributed by atoms with Gasteiger partial charge in [-0.05, 0) is 73.5 Å². The lowest BCUT2D eigenvalue weighted by atomic mass is 10.0. The van der Waals surface area contributed by atoms with Crippen molar-refractivity contribution in [1.82, 2.24) is 19.9 Å². The molecule has 10 nitrogen and oxygen atoms in total. The van der Waals surface area contributed by atoms with Crippen molar-refractivity contribution in [3.8, 4) is 5.75 Å². The summed E-state index contributed by atoms with van der Waals surface area (Å²) < 4.78 is 10.8. The van der Waals surface area contributed by atoms with E-state index in [-0.39, 0.29) is 24.1 Å². The quantitative estimate of drug-likeness (QED) is 0.188. The molecule has 0 bridgehead atoms. The smallest absolute Gasteiger partial charge is 0.251 e. The number of aromatic nitrogens is 3. The van der Waals surface area contributed by atoms with Gasteiger partial charge in [-0.25, -0.2) is 9.97 Å². The summed E-state index contributed by atoms with van der Waals surface area (Å²) in [6.07, 6.45) is 3.38. The zero-order chi connectivity index (χ0) is 30.9. The Bertz CT molecular complexity index is 1530. The maximum absolute atomic E-state index is 14.1. The van der Waals surface area contributed by atoms with Crippen molar-refractivity contribution in [3.63, 3.8) is 0 Å². The van der Waals surface area contributed by atoms with Gasteiger partial charge < -0.3 is 24.6 Å². The van der Waals surface area contributed by atoms with Gasteiger partial charge in [0.15, 0.2) is 5.16 Å². The zero-order valence-electron chi connectivity index (χ0n) is 25.1. The maximum atomic E-state index is 14.1. The van der Waals surface area contributed by atoms with Gasteiger partial charge >= 0.3 is 0 Å². The van der Waals surface area contributed by atoms with E-state index in [0.717, 1.165) is 35.7 Å². The molecule has 1 fully saturated rings. The molecule has 2 amide bonds. The molecule has 0 saturated carbocycles. The van der Waals surface area contributed by atoms with E-state index in [1.165, 1.54) is 11.8 Å². The largest absolute Gasteiger partial charge is 0.497 e. The third kappa shape index (κ3) is 8.12. The Morgan fingerprint density at radius 3 is 2.36 bits per heavy atom. The number of pyridine rings is 1. The Morgan fingerprint density at radius 1 is 1.02 bits per heavy atom. The van der Waals surface area contributed by atoms with Crippen LogP contribution >= 0.6 is 11.8 Å². The highest BCUT2D eigenvalue weighted by Gasteiger charge is 2.32. The number of hydrogen-bond donors (Lipinski definition) is 1. The molecular formula is C33H36N6O4S. The monoisotopic (exact) mass is 612 g/mol. The minimum Gasteiger partial charge on any atom is -0.497 e. The van der Waals surface area contributed by atoms with Gasteiger partial charge in [-0.3, -0.25) is 14.6 Å². The van der Waals surface area contributed by atoms with E-state index < -0.39 is 6.04 Å². The number of amides is 2. The molecule has 0 aliphatic carbocycles. The maximum Gasteiger partial charge on any atom is 0.251 e. The first-order valence-electron chi connectivity index (χ1n) is 14.4. The molecule has 11 heteroatoms. The molecule has 228 valence electrons. The first-order chi connectivity index (χ1) is 21.4. The molecule has 5 rings (SSSR count). The van der Waals surface area contributed by atoms with E-state index in [1.54, 1.807) is 36.5 Å². The highest BCUT2D eigenvalue weighted by molar-refractivity contribution is 7.99. The molecule has 4 aromatic rings. The number of rotatable bonds is 11. The zero-order valence-corrected chi connectivity index (χ0v) is 25.9. The lowest BCUT2D eigenvalue weighted by molar-refractivity contribution is -0.137. The molecule has 1 aliphatic heterocycles. The fourth-order valence-electron chi connectivity index (χ4n) is 5.03. The molecule has 1 atom stereocenters. The summed E-state index contributed by atoms with van der Waals surface area (Å²) >= 11 is 1.25. The molecule has 0 spiro atoms.